The maximum atomic E-state index is 15.0. The molecule has 5 atom stereocenters. The molecular formula is C56H61N3O10S. The molecule has 1 aromatic heterocycles. The molecule has 366 valence electrons. The highest BCUT2D eigenvalue weighted by atomic mass is 32.1. The number of thiophene rings is 1. The van der Waals surface area contributed by atoms with Crippen LogP contribution in [0.1, 0.15) is 46.0 Å². The quantitative estimate of drug-likeness (QED) is 0.0628. The second kappa shape index (κ2) is 25.6. The number of carbonyl (C=O) groups excluding carboxylic acids is 3. The van der Waals surface area contributed by atoms with Gasteiger partial charge in [0, 0.05) is 11.3 Å². The number of nitrogens with one attached hydrogen (secondary N) is 1. The number of hydrogen-bond acceptors (Lipinski definition) is 11. The second-order valence-electron chi connectivity index (χ2n) is 17.4. The van der Waals surface area contributed by atoms with Gasteiger partial charge < -0.3 is 43.4 Å². The molecule has 3 amide bonds. The van der Waals surface area contributed by atoms with E-state index in [4.69, 9.17) is 33.2 Å². The van der Waals surface area contributed by atoms with Crippen LogP contribution in [-0.4, -0.2) is 96.8 Å². The van der Waals surface area contributed by atoms with Crippen LogP contribution >= 0.6 is 11.3 Å². The van der Waals surface area contributed by atoms with E-state index in [9.17, 15) is 14.4 Å². The molecular weight excluding hydrogens is 907 g/mol. The van der Waals surface area contributed by atoms with E-state index < -0.39 is 54.8 Å². The molecule has 0 aliphatic carbocycles. The maximum Gasteiger partial charge on any atom is 0.410 e. The fourth-order valence-electron chi connectivity index (χ4n) is 8.60. The SMILES string of the molecule is C[C@H](OCc1ccccc1)[C@H](OCc1ccccc1)[C@@H](OCc1ccccc1)[C@H](CN(CC(=O)N1CC2(C[C@H]1C(=O)NCc1cccs1)OCCO2)C(=O)OCc1ccccc1)OCc1ccccc1. The monoisotopic (exact) mass is 967 g/mol. The summed E-state index contributed by atoms with van der Waals surface area (Å²) in [7, 11) is 0. The van der Waals surface area contributed by atoms with Crippen molar-refractivity contribution in [2.75, 3.05) is 32.8 Å². The molecule has 70 heavy (non-hydrogen) atoms. The third-order valence-corrected chi connectivity index (χ3v) is 13.2. The molecule has 2 aliphatic heterocycles. The van der Waals surface area contributed by atoms with Gasteiger partial charge in [0.1, 0.15) is 37.5 Å². The molecule has 6 aromatic rings. The molecule has 1 spiro atoms. The maximum absolute atomic E-state index is 15.0. The molecule has 13 nitrogen and oxygen atoms in total. The van der Waals surface area contributed by atoms with Crippen LogP contribution in [0.5, 0.6) is 0 Å². The van der Waals surface area contributed by atoms with E-state index in [1.165, 1.54) is 21.1 Å². The third-order valence-electron chi connectivity index (χ3n) is 12.3. The van der Waals surface area contributed by atoms with Crippen molar-refractivity contribution in [2.45, 2.75) is 89.2 Å². The first kappa shape index (κ1) is 50.2. The summed E-state index contributed by atoms with van der Waals surface area (Å²) in [5.74, 6) is -2.00. The van der Waals surface area contributed by atoms with Crippen LogP contribution in [-0.2, 0) is 82.3 Å². The van der Waals surface area contributed by atoms with Crippen molar-refractivity contribution in [1.82, 2.24) is 15.1 Å². The number of benzene rings is 5. The second-order valence-corrected chi connectivity index (χ2v) is 18.5. The largest absolute Gasteiger partial charge is 0.445 e. The number of rotatable bonds is 24. The highest BCUT2D eigenvalue weighted by Crippen LogP contribution is 2.35. The normalized spacial score (nSPS) is 16.9. The molecule has 1 N–H and O–H groups in total. The van der Waals surface area contributed by atoms with Gasteiger partial charge in [-0.15, -0.1) is 11.3 Å². The van der Waals surface area contributed by atoms with Gasteiger partial charge in [0.15, 0.2) is 5.79 Å². The Labute approximate surface area is 414 Å². The summed E-state index contributed by atoms with van der Waals surface area (Å²) < 4.78 is 45.6. The van der Waals surface area contributed by atoms with Crippen LogP contribution in [0.25, 0.3) is 0 Å². The lowest BCUT2D eigenvalue weighted by atomic mass is 10.0. The van der Waals surface area contributed by atoms with Crippen LogP contribution in [0.4, 0.5) is 4.79 Å². The Morgan fingerprint density at radius 1 is 0.643 bits per heavy atom. The van der Waals surface area contributed by atoms with Gasteiger partial charge in [0.25, 0.3) is 0 Å². The standard InChI is InChI=1S/C56H61N3O10S/c1-42(63-36-43-18-7-2-8-19-43)52(65-38-45-22-11-4-12-23-45)53(66-39-46-24-13-5-14-25-46)50(64-37-44-20-9-3-10-21-44)34-58(55(62)67-40-47-26-15-6-16-27-47)35-51(60)59-41-56(68-29-30-69-56)32-49(59)54(61)57-33-48-28-17-31-70-48/h2-28,31,42,49-50,52-53H,29-30,32-41H2,1H3,(H,57,61)/t42-,49-,50-,52-,53-/m0/s1. The molecule has 0 bridgehead atoms. The Morgan fingerprint density at radius 3 is 1.64 bits per heavy atom. The van der Waals surface area contributed by atoms with E-state index in [2.05, 4.69) is 5.32 Å². The smallest absolute Gasteiger partial charge is 0.410 e. The highest BCUT2D eigenvalue weighted by Gasteiger charge is 2.53. The predicted octanol–water partition coefficient (Wildman–Crippen LogP) is 8.71. The Hall–Kier alpha value is -6.23. The highest BCUT2D eigenvalue weighted by molar-refractivity contribution is 7.09. The first-order valence-electron chi connectivity index (χ1n) is 23.8. The zero-order chi connectivity index (χ0) is 48.4. The molecule has 0 unspecified atom stereocenters. The summed E-state index contributed by atoms with van der Waals surface area (Å²) in [6, 6.07) is 51.5. The van der Waals surface area contributed by atoms with Gasteiger partial charge >= 0.3 is 6.09 Å². The number of likely N-dealkylation sites (tertiary alicyclic amines) is 1. The Balaban J connectivity index is 1.14. The van der Waals surface area contributed by atoms with Crippen LogP contribution in [0.15, 0.2) is 169 Å². The Kier molecular flexibility index (Phi) is 18.3. The number of carbonyl (C=O) groups is 3. The number of amides is 3. The van der Waals surface area contributed by atoms with Crippen LogP contribution < -0.4 is 5.32 Å². The van der Waals surface area contributed by atoms with Gasteiger partial charge in [-0.3, -0.25) is 14.5 Å². The average Bonchev–Trinajstić information content (AvgIpc) is 4.20. The first-order chi connectivity index (χ1) is 34.3. The molecule has 2 saturated heterocycles. The zero-order valence-corrected chi connectivity index (χ0v) is 40.2. The zero-order valence-electron chi connectivity index (χ0n) is 39.4. The van der Waals surface area contributed by atoms with Crippen molar-refractivity contribution in [1.29, 1.82) is 0 Å². The van der Waals surface area contributed by atoms with Crippen molar-refractivity contribution in [3.05, 3.63) is 202 Å². The molecule has 2 aliphatic rings. The molecule has 0 saturated carbocycles. The van der Waals surface area contributed by atoms with Gasteiger partial charge in [-0.1, -0.05) is 158 Å². The molecule has 8 rings (SSSR count). The number of hydrogen-bond donors (Lipinski definition) is 1. The lowest BCUT2D eigenvalue weighted by molar-refractivity contribution is -0.189. The summed E-state index contributed by atoms with van der Waals surface area (Å²) in [4.78, 5) is 47.4. The van der Waals surface area contributed by atoms with Crippen molar-refractivity contribution in [2.24, 2.45) is 0 Å². The minimum atomic E-state index is -1.16. The summed E-state index contributed by atoms with van der Waals surface area (Å²) in [5.41, 5.74) is 4.48. The van der Waals surface area contributed by atoms with E-state index in [-0.39, 0.29) is 51.8 Å². The number of ether oxygens (including phenoxy) is 7. The summed E-state index contributed by atoms with van der Waals surface area (Å²) in [5, 5.41) is 4.95. The average molecular weight is 968 g/mol. The summed E-state index contributed by atoms with van der Waals surface area (Å²) >= 11 is 1.53. The Morgan fingerprint density at radius 2 is 1.13 bits per heavy atom. The van der Waals surface area contributed by atoms with Crippen molar-refractivity contribution < 1.29 is 47.5 Å². The predicted molar refractivity (Wildman–Crippen MR) is 265 cm³/mol. The molecule has 0 radical (unpaired) electrons. The van der Waals surface area contributed by atoms with Crippen molar-refractivity contribution in [3.63, 3.8) is 0 Å². The summed E-state index contributed by atoms with van der Waals surface area (Å²) in [6.45, 7) is 3.03. The van der Waals surface area contributed by atoms with E-state index in [0.29, 0.717) is 26.4 Å². The summed E-state index contributed by atoms with van der Waals surface area (Å²) in [6.07, 6.45) is -3.83. The minimum Gasteiger partial charge on any atom is -0.445 e. The fourth-order valence-corrected chi connectivity index (χ4v) is 9.25. The van der Waals surface area contributed by atoms with Crippen molar-refractivity contribution in [3.8, 4) is 0 Å². The lowest BCUT2D eigenvalue weighted by Crippen LogP contribution is -2.55. The van der Waals surface area contributed by atoms with Crippen LogP contribution in [0.3, 0.4) is 0 Å². The van der Waals surface area contributed by atoms with Gasteiger partial charge in [-0.25, -0.2) is 4.79 Å². The van der Waals surface area contributed by atoms with Gasteiger partial charge in [-0.2, -0.15) is 0 Å². The topological polar surface area (TPSA) is 134 Å². The van der Waals surface area contributed by atoms with E-state index in [1.807, 2.05) is 176 Å². The van der Waals surface area contributed by atoms with E-state index in [0.717, 1.165) is 32.7 Å². The Bertz CT molecular complexity index is 2480. The third kappa shape index (κ3) is 14.4. The molecule has 14 heteroatoms. The minimum absolute atomic E-state index is 0.00175. The van der Waals surface area contributed by atoms with E-state index in [1.54, 1.807) is 0 Å². The molecule has 5 aromatic carbocycles. The van der Waals surface area contributed by atoms with Gasteiger partial charge in [0.05, 0.1) is 65.4 Å². The lowest BCUT2D eigenvalue weighted by Gasteiger charge is -2.38. The van der Waals surface area contributed by atoms with Crippen LogP contribution in [0.2, 0.25) is 0 Å². The van der Waals surface area contributed by atoms with Gasteiger partial charge in [0.2, 0.25) is 11.8 Å². The van der Waals surface area contributed by atoms with Gasteiger partial charge in [-0.05, 0) is 46.2 Å². The first-order valence-corrected chi connectivity index (χ1v) is 24.6. The van der Waals surface area contributed by atoms with Crippen molar-refractivity contribution >= 4 is 29.2 Å². The molecule has 2 fully saturated rings. The number of nitrogens with zero attached hydrogens (tertiary/aromatic N) is 2. The fraction of sp³-hybridized carbons (Fsp3) is 0.339. The molecule has 3 heterocycles. The van der Waals surface area contributed by atoms with E-state index >= 15 is 0 Å². The van der Waals surface area contributed by atoms with Crippen LogP contribution in [0, 0.1) is 0 Å².